The summed E-state index contributed by atoms with van der Waals surface area (Å²) in [5.41, 5.74) is 0. The van der Waals surface area contributed by atoms with E-state index in [4.69, 9.17) is 9.05 Å². The molecular weight excluding hydrogens is 1080 g/mol. The van der Waals surface area contributed by atoms with Crippen LogP contribution < -0.4 is 5.32 Å². The number of unbranched alkanes of at least 4 members (excludes halogenated alkanes) is 38. The van der Waals surface area contributed by atoms with Gasteiger partial charge in [-0.15, -0.1) is 0 Å². The maximum absolute atomic E-state index is 13.1. The van der Waals surface area contributed by atoms with Gasteiger partial charge in [0.15, 0.2) is 0 Å². The SMILES string of the molecule is CC/C=C\C/C=C\C/C=C\C/C=C\C/C=C\C/C=C\C/C=C\C/C=C\CCCCCCCCCCCCCCCCCCC(=O)NC(COP(=O)(O)OCC[N+](C)(C)C)C(O)CCCCCCCCCCCCCCCCCCCCCCCCC. The number of aliphatic hydroxyl groups is 1. The van der Waals surface area contributed by atoms with E-state index in [1.165, 1.54) is 218 Å². The molecule has 0 aliphatic carbocycles. The standard InChI is InChI=1S/C77H141N2O6P/c1-6-8-10-12-14-16-18-20-22-24-26-28-30-31-32-33-34-35-36-37-38-39-40-41-42-43-44-45-46-47-49-51-53-55-57-59-61-63-65-67-69-71-77(81)78-75(74-85-86(82,83)84-73-72-79(3,4)5)76(80)70-68-66-64-62-60-58-56-54-52-50-48-29-27-25-23-21-19-17-15-13-11-9-7-2/h8,10,14,16,20,22,26,28,31-32,34-35,37-38,40-41,75-76,80H,6-7,9,11-13,15,17-19,21,23-25,27,29-30,33,36,39,42-74H2,1-5H3,(H-,78,81,82,83)/p+1/b10-8-,16-14-,22-20-,28-26-,32-31-,35-34-,38-37-,41-40-. The number of hydrogen-bond donors (Lipinski definition) is 3. The molecule has 0 fully saturated rings. The first-order chi connectivity index (χ1) is 42.0. The molecule has 0 aromatic heterocycles. The minimum atomic E-state index is -4.33. The molecule has 500 valence electrons. The molecule has 8 nitrogen and oxygen atoms in total. The number of hydrogen-bond acceptors (Lipinski definition) is 5. The molecule has 3 unspecified atom stereocenters. The van der Waals surface area contributed by atoms with E-state index in [2.05, 4.69) is 116 Å². The molecule has 0 radical (unpaired) electrons. The van der Waals surface area contributed by atoms with Crippen molar-refractivity contribution in [2.24, 2.45) is 0 Å². The number of phosphoric acid groups is 1. The molecule has 0 spiro atoms. The zero-order valence-corrected chi connectivity index (χ0v) is 58.2. The lowest BCUT2D eigenvalue weighted by Crippen LogP contribution is -2.46. The number of carbonyl (C=O) groups is 1. The summed E-state index contributed by atoms with van der Waals surface area (Å²) in [6, 6.07) is -0.766. The molecule has 86 heavy (non-hydrogen) atoms. The first kappa shape index (κ1) is 83.4. The molecule has 0 aliphatic rings. The van der Waals surface area contributed by atoms with Gasteiger partial charge in [-0.2, -0.15) is 0 Å². The Balaban J connectivity index is 3.99. The third-order valence-corrected chi connectivity index (χ3v) is 17.3. The average Bonchev–Trinajstić information content (AvgIpc) is 3.70. The van der Waals surface area contributed by atoms with E-state index < -0.39 is 20.0 Å². The van der Waals surface area contributed by atoms with Gasteiger partial charge in [0.25, 0.3) is 0 Å². The maximum atomic E-state index is 13.1. The van der Waals surface area contributed by atoms with Crippen LogP contribution in [0.1, 0.15) is 335 Å². The number of phosphoric ester groups is 1. The van der Waals surface area contributed by atoms with Crippen molar-refractivity contribution >= 4 is 13.7 Å². The van der Waals surface area contributed by atoms with Crippen LogP contribution >= 0.6 is 7.82 Å². The number of allylic oxidation sites excluding steroid dienone is 16. The second-order valence-electron chi connectivity index (χ2n) is 25.9. The van der Waals surface area contributed by atoms with Crippen LogP contribution in [0.3, 0.4) is 0 Å². The monoisotopic (exact) mass is 1220 g/mol. The van der Waals surface area contributed by atoms with Crippen molar-refractivity contribution in [1.82, 2.24) is 5.32 Å². The van der Waals surface area contributed by atoms with Crippen molar-refractivity contribution in [1.29, 1.82) is 0 Å². The lowest BCUT2D eigenvalue weighted by atomic mass is 10.0. The van der Waals surface area contributed by atoms with E-state index in [-0.39, 0.29) is 19.1 Å². The fourth-order valence-corrected chi connectivity index (χ4v) is 11.5. The summed E-state index contributed by atoms with van der Waals surface area (Å²) in [6.07, 6.45) is 96.6. The van der Waals surface area contributed by atoms with Crippen molar-refractivity contribution in [3.05, 3.63) is 97.2 Å². The van der Waals surface area contributed by atoms with Crippen LogP contribution in [0.2, 0.25) is 0 Å². The molecule has 0 rings (SSSR count). The van der Waals surface area contributed by atoms with E-state index in [0.29, 0.717) is 23.9 Å². The minimum absolute atomic E-state index is 0.0734. The average molecular weight is 1220 g/mol. The zero-order chi connectivity index (χ0) is 62.6. The molecule has 3 N–H and O–H groups in total. The van der Waals surface area contributed by atoms with Crippen LogP contribution in [-0.2, 0) is 18.4 Å². The quantitative estimate of drug-likeness (QED) is 0.0243. The van der Waals surface area contributed by atoms with Crippen LogP contribution in [0.5, 0.6) is 0 Å². The summed E-state index contributed by atoms with van der Waals surface area (Å²) in [5.74, 6) is -0.142. The van der Waals surface area contributed by atoms with E-state index in [0.717, 1.165) is 89.9 Å². The fourth-order valence-electron chi connectivity index (χ4n) is 10.7. The Bertz CT molecular complexity index is 1730. The second kappa shape index (κ2) is 66.8. The highest BCUT2D eigenvalue weighted by atomic mass is 31.2. The first-order valence-electron chi connectivity index (χ1n) is 36.6. The summed E-state index contributed by atoms with van der Waals surface area (Å²) >= 11 is 0. The largest absolute Gasteiger partial charge is 0.472 e. The fraction of sp³-hybridized carbons (Fsp3) is 0.779. The zero-order valence-electron chi connectivity index (χ0n) is 57.3. The van der Waals surface area contributed by atoms with Crippen molar-refractivity contribution in [3.8, 4) is 0 Å². The summed E-state index contributed by atoms with van der Waals surface area (Å²) in [4.78, 5) is 23.5. The smallest absolute Gasteiger partial charge is 0.391 e. The number of rotatable bonds is 67. The molecule has 0 saturated heterocycles. The number of carbonyl (C=O) groups excluding carboxylic acids is 1. The van der Waals surface area contributed by atoms with Crippen molar-refractivity contribution < 1.29 is 32.9 Å². The minimum Gasteiger partial charge on any atom is -0.391 e. The lowest BCUT2D eigenvalue weighted by molar-refractivity contribution is -0.870. The predicted molar refractivity (Wildman–Crippen MR) is 378 cm³/mol. The highest BCUT2D eigenvalue weighted by Gasteiger charge is 2.28. The Morgan fingerprint density at radius 2 is 0.698 bits per heavy atom. The molecule has 0 aromatic carbocycles. The number of quaternary nitrogens is 1. The molecule has 1 amide bonds. The third-order valence-electron chi connectivity index (χ3n) is 16.3. The van der Waals surface area contributed by atoms with Gasteiger partial charge >= 0.3 is 7.82 Å². The molecule has 3 atom stereocenters. The van der Waals surface area contributed by atoms with Gasteiger partial charge in [0.05, 0.1) is 39.9 Å². The topological polar surface area (TPSA) is 105 Å². The van der Waals surface area contributed by atoms with E-state index in [1.54, 1.807) is 0 Å². The summed E-state index contributed by atoms with van der Waals surface area (Å²) in [5, 5.41) is 14.2. The van der Waals surface area contributed by atoms with Gasteiger partial charge in [-0.25, -0.2) is 4.57 Å². The van der Waals surface area contributed by atoms with E-state index in [1.807, 2.05) is 21.1 Å². The molecule has 0 bridgehead atoms. The Hall–Kier alpha value is -2.58. The Kier molecular flexibility index (Phi) is 64.8. The Morgan fingerprint density at radius 1 is 0.407 bits per heavy atom. The maximum Gasteiger partial charge on any atom is 0.472 e. The molecule has 0 heterocycles. The highest BCUT2D eigenvalue weighted by molar-refractivity contribution is 7.47. The highest BCUT2D eigenvalue weighted by Crippen LogP contribution is 2.43. The number of nitrogens with one attached hydrogen (secondary N) is 1. The number of nitrogens with zero attached hydrogens (tertiary/aromatic N) is 1. The van der Waals surface area contributed by atoms with Crippen LogP contribution in [0.4, 0.5) is 0 Å². The normalized spacial score (nSPS) is 14.2. The van der Waals surface area contributed by atoms with Gasteiger partial charge in [-0.3, -0.25) is 13.8 Å². The molecule has 0 saturated carbocycles. The van der Waals surface area contributed by atoms with Crippen molar-refractivity contribution in [2.45, 2.75) is 347 Å². The van der Waals surface area contributed by atoms with Gasteiger partial charge in [0.1, 0.15) is 13.2 Å². The van der Waals surface area contributed by atoms with Gasteiger partial charge < -0.3 is 19.8 Å². The van der Waals surface area contributed by atoms with Gasteiger partial charge in [0.2, 0.25) is 5.91 Å². The predicted octanol–water partition coefficient (Wildman–Crippen LogP) is 23.7. The summed E-state index contributed by atoms with van der Waals surface area (Å²) < 4.78 is 23.9. The summed E-state index contributed by atoms with van der Waals surface area (Å²) in [7, 11) is 1.62. The first-order valence-corrected chi connectivity index (χ1v) is 38.1. The summed E-state index contributed by atoms with van der Waals surface area (Å²) in [6.45, 7) is 4.81. The number of aliphatic hydroxyl groups excluding tert-OH is 1. The molecule has 9 heteroatoms. The lowest BCUT2D eigenvalue weighted by Gasteiger charge is -2.26. The Morgan fingerprint density at radius 3 is 1.02 bits per heavy atom. The van der Waals surface area contributed by atoms with E-state index in [9.17, 15) is 19.4 Å². The molecular formula is C77H142N2O6P+. The second-order valence-corrected chi connectivity index (χ2v) is 27.4. The third kappa shape index (κ3) is 68.9. The van der Waals surface area contributed by atoms with Crippen molar-refractivity contribution in [3.63, 3.8) is 0 Å². The van der Waals surface area contributed by atoms with Crippen LogP contribution in [0, 0.1) is 0 Å². The number of likely N-dealkylation sites (N-methyl/N-ethyl adjacent to an activating group) is 1. The van der Waals surface area contributed by atoms with Crippen LogP contribution in [0.15, 0.2) is 97.2 Å². The van der Waals surface area contributed by atoms with E-state index >= 15 is 0 Å². The van der Waals surface area contributed by atoms with Crippen molar-refractivity contribution in [2.75, 3.05) is 40.9 Å². The van der Waals surface area contributed by atoms with Gasteiger partial charge in [0, 0.05) is 6.42 Å². The molecule has 0 aliphatic heterocycles. The van der Waals surface area contributed by atoms with Gasteiger partial charge in [-0.1, -0.05) is 349 Å². The van der Waals surface area contributed by atoms with Crippen LogP contribution in [0.25, 0.3) is 0 Å². The molecule has 0 aromatic rings. The number of amides is 1. The Labute approximate surface area is 534 Å². The van der Waals surface area contributed by atoms with Gasteiger partial charge in [-0.05, 0) is 77.0 Å². The van der Waals surface area contributed by atoms with Crippen LogP contribution in [-0.4, -0.2) is 73.4 Å².